The molecular weight excluding hydrogens is 284 g/mol. The number of hydrogen-bond acceptors (Lipinski definition) is 2. The quantitative estimate of drug-likeness (QED) is 0.898. The zero-order chi connectivity index (χ0) is 13.8. The first kappa shape index (κ1) is 16.3. The third-order valence-corrected chi connectivity index (χ3v) is 4.71. The van der Waals surface area contributed by atoms with Gasteiger partial charge in [0.2, 0.25) is 5.91 Å². The molecule has 1 unspecified atom stereocenters. The zero-order valence-electron chi connectivity index (χ0n) is 12.4. The second-order valence-corrected chi connectivity index (χ2v) is 6.09. The molecule has 116 valence electrons. The van der Waals surface area contributed by atoms with Crippen LogP contribution in [0.25, 0.3) is 0 Å². The van der Waals surface area contributed by atoms with E-state index < -0.39 is 0 Å². The first-order valence-electron chi connectivity index (χ1n) is 7.91. The Balaban J connectivity index is 0.00000161. The lowest BCUT2D eigenvalue weighted by molar-refractivity contribution is -0.122. The van der Waals surface area contributed by atoms with E-state index in [1.165, 1.54) is 24.0 Å². The topological polar surface area (TPSA) is 41.1 Å². The van der Waals surface area contributed by atoms with Crippen molar-refractivity contribution in [1.82, 2.24) is 10.6 Å². The van der Waals surface area contributed by atoms with Crippen molar-refractivity contribution in [3.05, 3.63) is 35.4 Å². The van der Waals surface area contributed by atoms with Gasteiger partial charge in [-0.05, 0) is 62.2 Å². The molecule has 1 aromatic carbocycles. The van der Waals surface area contributed by atoms with E-state index in [-0.39, 0.29) is 24.4 Å². The van der Waals surface area contributed by atoms with Gasteiger partial charge in [-0.25, -0.2) is 0 Å². The fourth-order valence-corrected chi connectivity index (χ4v) is 3.48. The molecule has 3 rings (SSSR count). The number of amides is 1. The number of carbonyl (C=O) groups excluding carboxylic acids is 1. The van der Waals surface area contributed by atoms with Crippen LogP contribution in [0.5, 0.6) is 0 Å². The number of hydrogen-bond donors (Lipinski definition) is 2. The molecule has 0 saturated carbocycles. The maximum atomic E-state index is 12.1. The number of piperidine rings is 1. The highest BCUT2D eigenvalue weighted by molar-refractivity contribution is 5.85. The summed E-state index contributed by atoms with van der Waals surface area (Å²) in [6.07, 6.45) is 6.32. The van der Waals surface area contributed by atoms with Gasteiger partial charge in [0.05, 0.1) is 6.04 Å². The third-order valence-electron chi connectivity index (χ3n) is 4.71. The molecule has 0 aromatic heterocycles. The standard InChI is InChI=1S/C17H24N2O.ClH/c20-17(8-5-13-9-11-18-12-10-13)19-16-7-6-14-3-1-2-4-15(14)16;/h1-4,13,16,18H,5-12H2,(H,19,20);1H. The van der Waals surface area contributed by atoms with E-state index in [0.29, 0.717) is 6.42 Å². The van der Waals surface area contributed by atoms with Crippen molar-refractivity contribution in [1.29, 1.82) is 0 Å². The zero-order valence-corrected chi connectivity index (χ0v) is 13.3. The molecular formula is C17H25ClN2O. The summed E-state index contributed by atoms with van der Waals surface area (Å²) in [6, 6.07) is 8.72. The number of halogens is 1. The fraction of sp³-hybridized carbons (Fsp3) is 0.588. The molecule has 1 aromatic rings. The molecule has 0 spiro atoms. The van der Waals surface area contributed by atoms with Gasteiger partial charge < -0.3 is 10.6 Å². The largest absolute Gasteiger partial charge is 0.349 e. The predicted molar refractivity (Wildman–Crippen MR) is 87.7 cm³/mol. The Bertz CT molecular complexity index is 472. The van der Waals surface area contributed by atoms with Crippen LogP contribution in [0.1, 0.15) is 49.3 Å². The Hall–Kier alpha value is -1.06. The van der Waals surface area contributed by atoms with E-state index in [4.69, 9.17) is 0 Å². The molecule has 3 nitrogen and oxygen atoms in total. The summed E-state index contributed by atoms with van der Waals surface area (Å²) in [7, 11) is 0. The second-order valence-electron chi connectivity index (χ2n) is 6.09. The van der Waals surface area contributed by atoms with Crippen molar-refractivity contribution < 1.29 is 4.79 Å². The van der Waals surface area contributed by atoms with Gasteiger partial charge in [0.15, 0.2) is 0 Å². The molecule has 0 bridgehead atoms. The van der Waals surface area contributed by atoms with Gasteiger partial charge in [-0.15, -0.1) is 12.4 Å². The lowest BCUT2D eigenvalue weighted by Crippen LogP contribution is -2.30. The molecule has 1 fully saturated rings. The van der Waals surface area contributed by atoms with E-state index in [9.17, 15) is 4.79 Å². The number of nitrogens with one attached hydrogen (secondary N) is 2. The van der Waals surface area contributed by atoms with Gasteiger partial charge in [-0.1, -0.05) is 24.3 Å². The Morgan fingerprint density at radius 3 is 2.76 bits per heavy atom. The van der Waals surface area contributed by atoms with Crippen LogP contribution in [0.4, 0.5) is 0 Å². The minimum absolute atomic E-state index is 0. The normalized spacial score (nSPS) is 21.4. The number of carbonyl (C=O) groups is 1. The monoisotopic (exact) mass is 308 g/mol. The second kappa shape index (κ2) is 7.81. The van der Waals surface area contributed by atoms with Crippen LogP contribution in [0.2, 0.25) is 0 Å². The number of benzene rings is 1. The maximum absolute atomic E-state index is 12.1. The summed E-state index contributed by atoms with van der Waals surface area (Å²) < 4.78 is 0. The molecule has 1 atom stereocenters. The van der Waals surface area contributed by atoms with E-state index >= 15 is 0 Å². The highest BCUT2D eigenvalue weighted by Crippen LogP contribution is 2.30. The molecule has 2 aliphatic rings. The molecule has 0 radical (unpaired) electrons. The number of rotatable bonds is 4. The third kappa shape index (κ3) is 4.21. The summed E-state index contributed by atoms with van der Waals surface area (Å²) >= 11 is 0. The van der Waals surface area contributed by atoms with E-state index in [1.54, 1.807) is 0 Å². The van der Waals surface area contributed by atoms with Crippen LogP contribution >= 0.6 is 12.4 Å². The van der Waals surface area contributed by atoms with Crippen LogP contribution in [0.15, 0.2) is 24.3 Å². The number of fused-ring (bicyclic) bond motifs is 1. The van der Waals surface area contributed by atoms with Crippen molar-refractivity contribution in [2.75, 3.05) is 13.1 Å². The van der Waals surface area contributed by atoms with Crippen molar-refractivity contribution in [3.63, 3.8) is 0 Å². The minimum atomic E-state index is 0. The van der Waals surface area contributed by atoms with Gasteiger partial charge in [-0.2, -0.15) is 0 Å². The maximum Gasteiger partial charge on any atom is 0.220 e. The van der Waals surface area contributed by atoms with Gasteiger partial charge in [0, 0.05) is 6.42 Å². The fourth-order valence-electron chi connectivity index (χ4n) is 3.48. The Kier molecular flexibility index (Phi) is 6.07. The summed E-state index contributed by atoms with van der Waals surface area (Å²) in [4.78, 5) is 12.1. The summed E-state index contributed by atoms with van der Waals surface area (Å²) in [5, 5.41) is 6.59. The molecule has 1 saturated heterocycles. The van der Waals surface area contributed by atoms with Crippen molar-refractivity contribution in [3.8, 4) is 0 Å². The van der Waals surface area contributed by atoms with E-state index in [2.05, 4.69) is 34.9 Å². The summed E-state index contributed by atoms with van der Waals surface area (Å²) in [6.45, 7) is 2.23. The van der Waals surface area contributed by atoms with Gasteiger partial charge in [-0.3, -0.25) is 4.79 Å². The van der Waals surface area contributed by atoms with E-state index in [1.807, 2.05) is 0 Å². The first-order chi connectivity index (χ1) is 9.83. The van der Waals surface area contributed by atoms with Gasteiger partial charge in [0.1, 0.15) is 0 Å². The van der Waals surface area contributed by atoms with Crippen LogP contribution < -0.4 is 10.6 Å². The summed E-state index contributed by atoms with van der Waals surface area (Å²) in [5.41, 5.74) is 2.72. The van der Waals surface area contributed by atoms with Crippen molar-refractivity contribution in [2.45, 2.75) is 44.6 Å². The Morgan fingerprint density at radius 1 is 1.19 bits per heavy atom. The van der Waals surface area contributed by atoms with E-state index in [0.717, 1.165) is 38.3 Å². The summed E-state index contributed by atoms with van der Waals surface area (Å²) in [5.74, 6) is 0.961. The van der Waals surface area contributed by atoms with Crippen LogP contribution in [-0.2, 0) is 11.2 Å². The predicted octanol–water partition coefficient (Wildman–Crippen LogP) is 2.99. The highest BCUT2D eigenvalue weighted by Gasteiger charge is 2.23. The Labute approximate surface area is 133 Å². The minimum Gasteiger partial charge on any atom is -0.349 e. The van der Waals surface area contributed by atoms with Gasteiger partial charge in [0.25, 0.3) is 0 Å². The van der Waals surface area contributed by atoms with Crippen LogP contribution in [0, 0.1) is 5.92 Å². The molecule has 1 aliphatic heterocycles. The molecule has 2 N–H and O–H groups in total. The first-order valence-corrected chi connectivity index (χ1v) is 7.91. The Morgan fingerprint density at radius 2 is 1.95 bits per heavy atom. The van der Waals surface area contributed by atoms with Crippen molar-refractivity contribution in [2.24, 2.45) is 5.92 Å². The lowest BCUT2D eigenvalue weighted by atomic mass is 9.93. The van der Waals surface area contributed by atoms with Gasteiger partial charge >= 0.3 is 0 Å². The average molecular weight is 309 g/mol. The van der Waals surface area contributed by atoms with Crippen LogP contribution in [0.3, 0.4) is 0 Å². The lowest BCUT2D eigenvalue weighted by Gasteiger charge is -2.22. The molecule has 4 heteroatoms. The van der Waals surface area contributed by atoms with Crippen LogP contribution in [-0.4, -0.2) is 19.0 Å². The molecule has 1 amide bonds. The smallest absolute Gasteiger partial charge is 0.220 e. The molecule has 1 heterocycles. The average Bonchev–Trinajstić information content (AvgIpc) is 2.90. The highest BCUT2D eigenvalue weighted by atomic mass is 35.5. The SMILES string of the molecule is Cl.O=C(CCC1CCNCC1)NC1CCc2ccccc21. The van der Waals surface area contributed by atoms with Crippen molar-refractivity contribution >= 4 is 18.3 Å². The molecule has 21 heavy (non-hydrogen) atoms. The molecule has 1 aliphatic carbocycles. The number of aryl methyl sites for hydroxylation is 1.